The number of hydrogen-bond donors (Lipinski definition) is 2. The molecule has 136 valence electrons. The van der Waals surface area contributed by atoms with E-state index in [9.17, 15) is 23.3 Å². The number of nitro groups is 1. The number of hydrogen-bond acceptors (Lipinski definition) is 5. The molecule has 0 aliphatic carbocycles. The third-order valence-corrected chi connectivity index (χ3v) is 5.38. The molecule has 2 rings (SSSR count). The van der Waals surface area contributed by atoms with Crippen molar-refractivity contribution in [2.45, 2.75) is 16.7 Å². The topological polar surface area (TPSA) is 159 Å². The van der Waals surface area contributed by atoms with Crippen molar-refractivity contribution in [3.63, 3.8) is 0 Å². The van der Waals surface area contributed by atoms with Crippen molar-refractivity contribution in [2.24, 2.45) is 16.5 Å². The molecule has 0 heterocycles. The Bertz CT molecular complexity index is 1050. The predicted molar refractivity (Wildman–Crippen MR) is 94.9 cm³/mol. The van der Waals surface area contributed by atoms with Crippen molar-refractivity contribution in [3.8, 4) is 0 Å². The van der Waals surface area contributed by atoms with Crippen LogP contribution in [0.25, 0.3) is 0 Å². The number of benzene rings is 2. The highest BCUT2D eigenvalue weighted by atomic mass is 35.5. The van der Waals surface area contributed by atoms with Gasteiger partial charge in [0.25, 0.3) is 11.6 Å². The summed E-state index contributed by atoms with van der Waals surface area (Å²) in [7, 11) is -4.25. The molecule has 0 saturated carbocycles. The number of nitrogens with two attached hydrogens (primary N) is 2. The zero-order valence-electron chi connectivity index (χ0n) is 13.3. The van der Waals surface area contributed by atoms with E-state index in [1.165, 1.54) is 31.2 Å². The number of carbonyl (C=O) groups excluding carboxylic acids is 1. The van der Waals surface area contributed by atoms with Crippen LogP contribution in [0, 0.1) is 17.0 Å². The molecular formula is C15H13ClN4O5S. The van der Waals surface area contributed by atoms with Crippen LogP contribution in [0.1, 0.15) is 15.9 Å². The standard InChI is InChI=1S/C15H13ClN4O5S/c1-8-5-13(26(24,25)10-4-2-3-9(16)6-10)12(20(22)23)7-11(8)14(21)19-15(17)18/h2-7H,1H3,(H4,17,18,19,21). The number of carbonyl (C=O) groups is 1. The van der Waals surface area contributed by atoms with E-state index in [0.717, 1.165) is 12.1 Å². The number of guanidine groups is 1. The van der Waals surface area contributed by atoms with Crippen molar-refractivity contribution in [3.05, 3.63) is 62.7 Å². The van der Waals surface area contributed by atoms with Crippen molar-refractivity contribution in [1.29, 1.82) is 0 Å². The lowest BCUT2D eigenvalue weighted by molar-refractivity contribution is -0.387. The van der Waals surface area contributed by atoms with E-state index in [2.05, 4.69) is 4.99 Å². The number of aryl methyl sites for hydroxylation is 1. The highest BCUT2D eigenvalue weighted by molar-refractivity contribution is 7.91. The molecule has 0 spiro atoms. The summed E-state index contributed by atoms with van der Waals surface area (Å²) < 4.78 is 25.6. The molecule has 0 aliphatic rings. The fourth-order valence-corrected chi connectivity index (χ4v) is 3.99. The van der Waals surface area contributed by atoms with E-state index < -0.39 is 37.2 Å². The molecule has 2 aromatic rings. The third-order valence-electron chi connectivity index (χ3n) is 3.36. The van der Waals surface area contributed by atoms with Gasteiger partial charge in [0, 0.05) is 11.1 Å². The Hall–Kier alpha value is -2.98. The van der Waals surface area contributed by atoms with Crippen LogP contribution in [-0.4, -0.2) is 25.2 Å². The van der Waals surface area contributed by atoms with Crippen LogP contribution >= 0.6 is 11.6 Å². The van der Waals surface area contributed by atoms with Crippen molar-refractivity contribution in [1.82, 2.24) is 0 Å². The number of sulfone groups is 1. The first kappa shape index (κ1) is 19.3. The van der Waals surface area contributed by atoms with Gasteiger partial charge in [0.1, 0.15) is 4.90 Å². The molecule has 26 heavy (non-hydrogen) atoms. The summed E-state index contributed by atoms with van der Waals surface area (Å²) in [5.41, 5.74) is 9.47. The maximum atomic E-state index is 12.8. The van der Waals surface area contributed by atoms with Crippen molar-refractivity contribution in [2.75, 3.05) is 0 Å². The van der Waals surface area contributed by atoms with Crippen LogP contribution in [0.5, 0.6) is 0 Å². The molecule has 2 aromatic carbocycles. The lowest BCUT2D eigenvalue weighted by Gasteiger charge is -2.09. The second-order valence-electron chi connectivity index (χ2n) is 5.19. The highest BCUT2D eigenvalue weighted by Crippen LogP contribution is 2.33. The van der Waals surface area contributed by atoms with Gasteiger partial charge >= 0.3 is 0 Å². The summed E-state index contributed by atoms with van der Waals surface area (Å²) >= 11 is 5.81. The van der Waals surface area contributed by atoms with E-state index in [1.807, 2.05) is 0 Å². The zero-order valence-corrected chi connectivity index (χ0v) is 14.9. The fraction of sp³-hybridized carbons (Fsp3) is 0.0667. The largest absolute Gasteiger partial charge is 0.370 e. The molecule has 0 unspecified atom stereocenters. The Morgan fingerprint density at radius 3 is 2.42 bits per heavy atom. The Morgan fingerprint density at radius 1 is 1.23 bits per heavy atom. The average Bonchev–Trinajstić information content (AvgIpc) is 2.53. The van der Waals surface area contributed by atoms with E-state index in [1.54, 1.807) is 0 Å². The summed E-state index contributed by atoms with van der Waals surface area (Å²) in [6.45, 7) is 1.41. The third kappa shape index (κ3) is 3.81. The quantitative estimate of drug-likeness (QED) is 0.345. The molecule has 0 aromatic heterocycles. The summed E-state index contributed by atoms with van der Waals surface area (Å²) in [5.74, 6) is -1.44. The monoisotopic (exact) mass is 396 g/mol. The molecule has 0 bridgehead atoms. The zero-order chi connectivity index (χ0) is 19.6. The summed E-state index contributed by atoms with van der Waals surface area (Å²) in [6.07, 6.45) is 0. The number of amides is 1. The number of rotatable bonds is 4. The second kappa shape index (κ2) is 7.10. The van der Waals surface area contributed by atoms with E-state index in [4.69, 9.17) is 23.1 Å². The Kier molecular flexibility index (Phi) is 5.28. The molecule has 11 heteroatoms. The van der Waals surface area contributed by atoms with Gasteiger partial charge in [0.2, 0.25) is 9.84 Å². The van der Waals surface area contributed by atoms with E-state index in [0.29, 0.717) is 0 Å². The van der Waals surface area contributed by atoms with Crippen LogP contribution in [0.2, 0.25) is 5.02 Å². The lowest BCUT2D eigenvalue weighted by Crippen LogP contribution is -2.24. The molecule has 0 fully saturated rings. The molecule has 0 saturated heterocycles. The van der Waals surface area contributed by atoms with Crippen LogP contribution < -0.4 is 11.5 Å². The minimum absolute atomic E-state index is 0.157. The Balaban J connectivity index is 2.74. The SMILES string of the molecule is Cc1cc(S(=O)(=O)c2cccc(Cl)c2)c([N+](=O)[O-])cc1C(=O)N=C(N)N. The van der Waals surface area contributed by atoms with Gasteiger partial charge in [0.15, 0.2) is 5.96 Å². The maximum Gasteiger partial charge on any atom is 0.289 e. The summed E-state index contributed by atoms with van der Waals surface area (Å²) in [4.78, 5) is 25.0. The van der Waals surface area contributed by atoms with Gasteiger partial charge in [0.05, 0.1) is 15.4 Å². The number of aliphatic imine (C=N–C) groups is 1. The Morgan fingerprint density at radius 2 is 1.88 bits per heavy atom. The second-order valence-corrected chi connectivity index (χ2v) is 7.55. The molecule has 4 N–H and O–H groups in total. The van der Waals surface area contributed by atoms with Gasteiger partial charge < -0.3 is 11.5 Å². The van der Waals surface area contributed by atoms with Gasteiger partial charge in [-0.2, -0.15) is 4.99 Å². The average molecular weight is 397 g/mol. The van der Waals surface area contributed by atoms with Crippen LogP contribution in [0.4, 0.5) is 5.69 Å². The number of nitrogens with zero attached hydrogens (tertiary/aromatic N) is 2. The molecule has 0 radical (unpaired) electrons. The van der Waals surface area contributed by atoms with Crippen LogP contribution in [0.3, 0.4) is 0 Å². The van der Waals surface area contributed by atoms with Gasteiger partial charge in [-0.25, -0.2) is 8.42 Å². The molecular weight excluding hydrogens is 384 g/mol. The molecule has 0 aliphatic heterocycles. The van der Waals surface area contributed by atoms with Gasteiger partial charge in [-0.15, -0.1) is 0 Å². The lowest BCUT2D eigenvalue weighted by atomic mass is 10.1. The molecule has 9 nitrogen and oxygen atoms in total. The van der Waals surface area contributed by atoms with Crippen LogP contribution in [-0.2, 0) is 9.84 Å². The minimum Gasteiger partial charge on any atom is -0.370 e. The fourth-order valence-electron chi connectivity index (χ4n) is 2.20. The van der Waals surface area contributed by atoms with Crippen LogP contribution in [0.15, 0.2) is 51.2 Å². The first-order valence-corrected chi connectivity index (χ1v) is 8.84. The smallest absolute Gasteiger partial charge is 0.289 e. The Labute approximate surface area is 153 Å². The minimum atomic E-state index is -4.25. The van der Waals surface area contributed by atoms with E-state index in [-0.39, 0.29) is 21.0 Å². The van der Waals surface area contributed by atoms with Crippen molar-refractivity contribution < 1.29 is 18.1 Å². The first-order chi connectivity index (χ1) is 12.0. The first-order valence-electron chi connectivity index (χ1n) is 6.97. The highest BCUT2D eigenvalue weighted by Gasteiger charge is 2.30. The van der Waals surface area contributed by atoms with Gasteiger partial charge in [-0.05, 0) is 36.8 Å². The number of halogens is 1. The van der Waals surface area contributed by atoms with Crippen molar-refractivity contribution >= 4 is 39.0 Å². The van der Waals surface area contributed by atoms with Gasteiger partial charge in [-0.1, -0.05) is 17.7 Å². The van der Waals surface area contributed by atoms with Gasteiger partial charge in [-0.3, -0.25) is 14.9 Å². The summed E-state index contributed by atoms with van der Waals surface area (Å²) in [6, 6.07) is 7.18. The number of nitro benzene ring substituents is 1. The summed E-state index contributed by atoms with van der Waals surface area (Å²) in [5, 5.41) is 11.6. The maximum absolute atomic E-state index is 12.8. The molecule has 1 amide bonds. The molecule has 0 atom stereocenters. The normalized spacial score (nSPS) is 11.0. The van der Waals surface area contributed by atoms with E-state index >= 15 is 0 Å². The predicted octanol–water partition coefficient (Wildman–Crippen LogP) is 1.80.